The van der Waals surface area contributed by atoms with Crippen molar-refractivity contribution in [3.05, 3.63) is 65.2 Å². The van der Waals surface area contributed by atoms with Gasteiger partial charge in [-0.2, -0.15) is 0 Å². The van der Waals surface area contributed by atoms with E-state index in [1.165, 1.54) is 18.2 Å². The topological polar surface area (TPSA) is 9.23 Å². The van der Waals surface area contributed by atoms with Gasteiger partial charge < -0.3 is 4.74 Å². The van der Waals surface area contributed by atoms with Crippen LogP contribution in [0.3, 0.4) is 0 Å². The molecule has 0 aliphatic rings. The van der Waals surface area contributed by atoms with Crippen LogP contribution in [0.15, 0.2) is 42.5 Å². The number of rotatable bonds is 4. The van der Waals surface area contributed by atoms with Gasteiger partial charge in [-0.25, -0.2) is 8.78 Å². The molecule has 0 heterocycles. The number of benzene rings is 2. The van der Waals surface area contributed by atoms with Crippen LogP contribution in [0.1, 0.15) is 30.4 Å². The highest BCUT2D eigenvalue weighted by molar-refractivity contribution is 6.22. The second-order valence-corrected chi connectivity index (χ2v) is 5.17. The van der Waals surface area contributed by atoms with Gasteiger partial charge in [-0.3, -0.25) is 0 Å². The van der Waals surface area contributed by atoms with E-state index in [2.05, 4.69) is 0 Å². The second-order valence-electron chi connectivity index (χ2n) is 4.73. The lowest BCUT2D eigenvalue weighted by molar-refractivity contribution is 0.242. The SMILES string of the molecule is CC(C)Oc1ccc(C(Cl)c2c(F)cccc2F)cc1. The van der Waals surface area contributed by atoms with Crippen molar-refractivity contribution in [2.24, 2.45) is 0 Å². The average molecular weight is 297 g/mol. The predicted octanol–water partition coefficient (Wildman–Crippen LogP) is 5.08. The molecule has 2 aromatic carbocycles. The summed E-state index contributed by atoms with van der Waals surface area (Å²) in [7, 11) is 0. The lowest BCUT2D eigenvalue weighted by Crippen LogP contribution is -2.05. The Morgan fingerprint density at radius 2 is 1.50 bits per heavy atom. The summed E-state index contributed by atoms with van der Waals surface area (Å²) < 4.78 is 32.9. The van der Waals surface area contributed by atoms with Crippen LogP contribution in [0.25, 0.3) is 0 Å². The average Bonchev–Trinajstić information content (AvgIpc) is 2.38. The molecule has 106 valence electrons. The van der Waals surface area contributed by atoms with Crippen LogP contribution in [0.2, 0.25) is 0 Å². The Balaban J connectivity index is 2.27. The molecule has 0 aliphatic carbocycles. The number of halogens is 3. The lowest BCUT2D eigenvalue weighted by Gasteiger charge is -2.14. The summed E-state index contributed by atoms with van der Waals surface area (Å²) in [6.07, 6.45) is 0.0664. The molecule has 0 radical (unpaired) electrons. The Hall–Kier alpha value is -1.61. The molecule has 0 saturated carbocycles. The fourth-order valence-corrected chi connectivity index (χ4v) is 2.26. The van der Waals surface area contributed by atoms with Crippen molar-refractivity contribution in [3.8, 4) is 5.75 Å². The molecule has 2 aromatic rings. The van der Waals surface area contributed by atoms with E-state index < -0.39 is 17.0 Å². The molecular weight excluding hydrogens is 282 g/mol. The maximum Gasteiger partial charge on any atom is 0.131 e. The molecule has 2 rings (SSSR count). The molecule has 0 aromatic heterocycles. The van der Waals surface area contributed by atoms with E-state index in [1.54, 1.807) is 24.3 Å². The first-order valence-electron chi connectivity index (χ1n) is 6.33. The maximum absolute atomic E-state index is 13.7. The molecule has 0 bridgehead atoms. The quantitative estimate of drug-likeness (QED) is 0.715. The van der Waals surface area contributed by atoms with Gasteiger partial charge >= 0.3 is 0 Å². The van der Waals surface area contributed by atoms with Crippen LogP contribution in [-0.4, -0.2) is 6.10 Å². The number of hydrogen-bond acceptors (Lipinski definition) is 1. The first kappa shape index (κ1) is 14.8. The zero-order chi connectivity index (χ0) is 14.7. The van der Waals surface area contributed by atoms with Crippen molar-refractivity contribution in [3.63, 3.8) is 0 Å². The van der Waals surface area contributed by atoms with Gasteiger partial charge in [-0.05, 0) is 43.7 Å². The van der Waals surface area contributed by atoms with Crippen LogP contribution in [0.5, 0.6) is 5.75 Å². The maximum atomic E-state index is 13.7. The third kappa shape index (κ3) is 3.28. The minimum absolute atomic E-state index is 0.0664. The first-order valence-corrected chi connectivity index (χ1v) is 6.77. The molecule has 0 saturated heterocycles. The van der Waals surface area contributed by atoms with Gasteiger partial charge in [0.15, 0.2) is 0 Å². The Morgan fingerprint density at radius 1 is 0.950 bits per heavy atom. The minimum atomic E-state index is -0.871. The van der Waals surface area contributed by atoms with Crippen LogP contribution >= 0.6 is 11.6 Å². The molecule has 0 amide bonds. The first-order chi connectivity index (χ1) is 9.49. The summed E-state index contributed by atoms with van der Waals surface area (Å²) in [5, 5.41) is -0.871. The molecule has 0 spiro atoms. The number of hydrogen-bond donors (Lipinski definition) is 0. The minimum Gasteiger partial charge on any atom is -0.491 e. The fourth-order valence-electron chi connectivity index (χ4n) is 1.91. The number of alkyl halides is 1. The highest BCUT2D eigenvalue weighted by Gasteiger charge is 2.19. The summed E-state index contributed by atoms with van der Waals surface area (Å²) in [4.78, 5) is 0. The van der Waals surface area contributed by atoms with Gasteiger partial charge in [0.05, 0.1) is 11.5 Å². The summed E-state index contributed by atoms with van der Waals surface area (Å²) in [5.41, 5.74) is 0.485. The van der Waals surface area contributed by atoms with E-state index >= 15 is 0 Å². The Morgan fingerprint density at radius 3 is 2.00 bits per heavy atom. The molecule has 0 N–H and O–H groups in total. The fraction of sp³-hybridized carbons (Fsp3) is 0.250. The van der Waals surface area contributed by atoms with Crippen molar-refractivity contribution in [2.75, 3.05) is 0 Å². The van der Waals surface area contributed by atoms with Crippen molar-refractivity contribution in [2.45, 2.75) is 25.3 Å². The third-order valence-corrected chi connectivity index (χ3v) is 3.27. The Labute approximate surface area is 122 Å². The largest absolute Gasteiger partial charge is 0.491 e. The molecule has 1 unspecified atom stereocenters. The van der Waals surface area contributed by atoms with Crippen LogP contribution in [-0.2, 0) is 0 Å². The van der Waals surface area contributed by atoms with E-state index in [-0.39, 0.29) is 11.7 Å². The van der Waals surface area contributed by atoms with Crippen LogP contribution in [0, 0.1) is 11.6 Å². The summed E-state index contributed by atoms with van der Waals surface area (Å²) in [5.74, 6) is -0.596. The van der Waals surface area contributed by atoms with Crippen molar-refractivity contribution < 1.29 is 13.5 Å². The van der Waals surface area contributed by atoms with E-state index in [9.17, 15) is 8.78 Å². The Kier molecular flexibility index (Phi) is 4.61. The van der Waals surface area contributed by atoms with Crippen molar-refractivity contribution >= 4 is 11.6 Å². The van der Waals surface area contributed by atoms with Crippen molar-refractivity contribution in [1.82, 2.24) is 0 Å². The molecule has 20 heavy (non-hydrogen) atoms. The zero-order valence-electron chi connectivity index (χ0n) is 11.2. The molecule has 0 aliphatic heterocycles. The standard InChI is InChI=1S/C16H15ClF2O/c1-10(2)20-12-8-6-11(7-9-12)16(17)15-13(18)4-3-5-14(15)19/h3-10,16H,1-2H3. The van der Waals surface area contributed by atoms with E-state index in [4.69, 9.17) is 16.3 Å². The third-order valence-electron chi connectivity index (χ3n) is 2.80. The highest BCUT2D eigenvalue weighted by Crippen LogP contribution is 2.33. The summed E-state index contributed by atoms with van der Waals surface area (Å²) in [6.45, 7) is 3.85. The van der Waals surface area contributed by atoms with Gasteiger partial charge in [-0.1, -0.05) is 18.2 Å². The van der Waals surface area contributed by atoms with Crippen LogP contribution < -0.4 is 4.74 Å². The smallest absolute Gasteiger partial charge is 0.131 e. The molecule has 4 heteroatoms. The van der Waals surface area contributed by atoms with E-state index in [0.717, 1.165) is 0 Å². The van der Waals surface area contributed by atoms with E-state index in [1.807, 2.05) is 13.8 Å². The Bertz CT molecular complexity index is 561. The predicted molar refractivity (Wildman–Crippen MR) is 76.3 cm³/mol. The monoisotopic (exact) mass is 296 g/mol. The zero-order valence-corrected chi connectivity index (χ0v) is 12.0. The number of ether oxygens (including phenoxy) is 1. The van der Waals surface area contributed by atoms with Gasteiger partial charge in [0, 0.05) is 5.56 Å². The van der Waals surface area contributed by atoms with E-state index in [0.29, 0.717) is 11.3 Å². The normalized spacial score (nSPS) is 12.5. The van der Waals surface area contributed by atoms with Crippen LogP contribution in [0.4, 0.5) is 8.78 Å². The van der Waals surface area contributed by atoms with Gasteiger partial charge in [0.1, 0.15) is 17.4 Å². The molecular formula is C16H15ClF2O. The van der Waals surface area contributed by atoms with Crippen molar-refractivity contribution in [1.29, 1.82) is 0 Å². The van der Waals surface area contributed by atoms with Gasteiger partial charge in [-0.15, -0.1) is 11.6 Å². The highest BCUT2D eigenvalue weighted by atomic mass is 35.5. The van der Waals surface area contributed by atoms with Gasteiger partial charge in [0.25, 0.3) is 0 Å². The summed E-state index contributed by atoms with van der Waals surface area (Å²) in [6, 6.07) is 10.6. The molecule has 1 nitrogen and oxygen atoms in total. The summed E-state index contributed by atoms with van der Waals surface area (Å²) >= 11 is 6.18. The molecule has 1 atom stereocenters. The lowest BCUT2D eigenvalue weighted by atomic mass is 10.0. The van der Waals surface area contributed by atoms with Gasteiger partial charge in [0.2, 0.25) is 0 Å². The molecule has 0 fully saturated rings. The second kappa shape index (κ2) is 6.23.